The number of hydrogen-bond acceptors (Lipinski definition) is 9. The number of esters is 2. The molecular weight excluding hydrogens is 446 g/mol. The number of aliphatic hydroxyl groups is 3. The maximum Gasteiger partial charge on any atom is 0.377 e. The Hall–Kier alpha value is -3.89. The first kappa shape index (κ1) is 24.7. The van der Waals surface area contributed by atoms with Gasteiger partial charge < -0.3 is 34.8 Å². The Labute approximate surface area is 195 Å². The van der Waals surface area contributed by atoms with E-state index in [1.54, 1.807) is 12.1 Å². The van der Waals surface area contributed by atoms with Gasteiger partial charge in [-0.3, -0.25) is 4.79 Å². The van der Waals surface area contributed by atoms with Crippen molar-refractivity contribution in [1.29, 1.82) is 0 Å². The van der Waals surface area contributed by atoms with Crippen molar-refractivity contribution in [3.63, 3.8) is 0 Å². The smallest absolute Gasteiger partial charge is 0.377 e. The van der Waals surface area contributed by atoms with Gasteiger partial charge in [-0.1, -0.05) is 18.2 Å². The molecule has 10 heteroatoms. The number of carbonyl (C=O) groups is 3. The Morgan fingerprint density at radius 3 is 2.24 bits per heavy atom. The van der Waals surface area contributed by atoms with E-state index in [1.165, 1.54) is 30.3 Å². The van der Waals surface area contributed by atoms with E-state index >= 15 is 0 Å². The maximum atomic E-state index is 13.1. The molecule has 0 spiro atoms. The summed E-state index contributed by atoms with van der Waals surface area (Å²) in [5.41, 5.74) is 0.715. The Balaban J connectivity index is 1.77. The summed E-state index contributed by atoms with van der Waals surface area (Å²) in [5.74, 6) is -4.87. The first-order valence-corrected chi connectivity index (χ1v) is 10.7. The van der Waals surface area contributed by atoms with Crippen LogP contribution in [0.4, 0.5) is 5.69 Å². The van der Waals surface area contributed by atoms with Gasteiger partial charge in [0.2, 0.25) is 5.76 Å². The minimum Gasteiger partial charge on any atom is -0.507 e. The Morgan fingerprint density at radius 1 is 1.03 bits per heavy atom. The largest absolute Gasteiger partial charge is 0.507 e. The molecule has 2 aromatic rings. The third kappa shape index (κ3) is 4.87. The molecule has 1 aliphatic heterocycles. The van der Waals surface area contributed by atoms with Gasteiger partial charge in [0.1, 0.15) is 24.1 Å². The van der Waals surface area contributed by atoms with E-state index in [-0.39, 0.29) is 22.4 Å². The molecule has 0 bridgehead atoms. The number of rotatable bonds is 9. The van der Waals surface area contributed by atoms with Crippen LogP contribution in [0.25, 0.3) is 0 Å². The molecule has 2 atom stereocenters. The number of benzene rings is 2. The molecule has 1 aliphatic rings. The monoisotopic (exact) mass is 472 g/mol. The van der Waals surface area contributed by atoms with Gasteiger partial charge in [-0.15, -0.1) is 0 Å². The lowest BCUT2D eigenvalue weighted by atomic mass is 9.97. The van der Waals surface area contributed by atoms with Crippen LogP contribution in [-0.4, -0.2) is 70.1 Å². The second kappa shape index (κ2) is 10.4. The minimum absolute atomic E-state index is 0.0130. The van der Waals surface area contributed by atoms with Crippen molar-refractivity contribution in [2.75, 3.05) is 19.7 Å². The Morgan fingerprint density at radius 2 is 1.68 bits per heavy atom. The fraction of sp³-hybridized carbons (Fsp3) is 0.292. The lowest BCUT2D eigenvalue weighted by Crippen LogP contribution is -3.06. The van der Waals surface area contributed by atoms with Gasteiger partial charge in [-0.2, -0.15) is 0 Å². The van der Waals surface area contributed by atoms with Crippen LogP contribution in [0.5, 0.6) is 5.75 Å². The minimum atomic E-state index is -1.65. The van der Waals surface area contributed by atoms with Crippen LogP contribution in [0.1, 0.15) is 40.1 Å². The van der Waals surface area contributed by atoms with E-state index in [4.69, 9.17) is 4.74 Å². The highest BCUT2D eigenvalue weighted by molar-refractivity contribution is 6.15. The van der Waals surface area contributed by atoms with Gasteiger partial charge in [0, 0.05) is 17.7 Å². The van der Waals surface area contributed by atoms with Gasteiger partial charge >= 0.3 is 11.9 Å². The SMILES string of the molecule is CC[NH+](CC)c1ccc(C(=O)c2ccccc2C(=O)OCC(O)C2OC(=O)C(O)=C2O)c(O)c1. The van der Waals surface area contributed by atoms with Crippen molar-refractivity contribution in [2.45, 2.75) is 26.1 Å². The molecule has 34 heavy (non-hydrogen) atoms. The van der Waals surface area contributed by atoms with Gasteiger partial charge in [0.15, 0.2) is 17.6 Å². The molecule has 0 aliphatic carbocycles. The molecule has 1 heterocycles. The number of ketones is 1. The van der Waals surface area contributed by atoms with Crippen molar-refractivity contribution in [2.24, 2.45) is 0 Å². The Bertz CT molecular complexity index is 1140. The summed E-state index contributed by atoms with van der Waals surface area (Å²) in [6.07, 6.45) is -3.24. The highest BCUT2D eigenvalue weighted by Gasteiger charge is 2.39. The molecule has 0 radical (unpaired) electrons. The summed E-state index contributed by atoms with van der Waals surface area (Å²) < 4.78 is 9.67. The summed E-state index contributed by atoms with van der Waals surface area (Å²) in [5, 5.41) is 39.5. The molecule has 5 N–H and O–H groups in total. The van der Waals surface area contributed by atoms with Crippen molar-refractivity contribution < 1.29 is 49.2 Å². The predicted molar refractivity (Wildman–Crippen MR) is 118 cm³/mol. The highest BCUT2D eigenvalue weighted by Crippen LogP contribution is 2.25. The molecular formula is C24H26NO9+. The number of quaternary nitrogens is 1. The Kier molecular flexibility index (Phi) is 7.54. The van der Waals surface area contributed by atoms with Gasteiger partial charge in [0.25, 0.3) is 0 Å². The molecule has 2 unspecified atom stereocenters. The van der Waals surface area contributed by atoms with Gasteiger partial charge in [0.05, 0.1) is 24.2 Å². The van der Waals surface area contributed by atoms with Gasteiger partial charge in [-0.05, 0) is 26.0 Å². The van der Waals surface area contributed by atoms with E-state index in [0.29, 0.717) is 0 Å². The van der Waals surface area contributed by atoms with Crippen molar-refractivity contribution in [3.8, 4) is 5.75 Å². The topological polar surface area (TPSA) is 155 Å². The second-order valence-corrected chi connectivity index (χ2v) is 7.64. The van der Waals surface area contributed by atoms with E-state index in [2.05, 4.69) is 4.74 Å². The summed E-state index contributed by atoms with van der Waals surface area (Å²) >= 11 is 0. The summed E-state index contributed by atoms with van der Waals surface area (Å²) in [6, 6.07) is 10.6. The number of carbonyl (C=O) groups excluding carboxylic acids is 3. The first-order valence-electron chi connectivity index (χ1n) is 10.7. The van der Waals surface area contributed by atoms with E-state index in [9.17, 15) is 34.8 Å². The second-order valence-electron chi connectivity index (χ2n) is 7.64. The number of hydrogen-bond donors (Lipinski definition) is 5. The van der Waals surface area contributed by atoms with Crippen LogP contribution in [0, 0.1) is 0 Å². The summed E-state index contributed by atoms with van der Waals surface area (Å²) in [7, 11) is 0. The van der Waals surface area contributed by atoms with Crippen molar-refractivity contribution in [3.05, 3.63) is 70.7 Å². The molecule has 10 nitrogen and oxygen atoms in total. The summed E-state index contributed by atoms with van der Waals surface area (Å²) in [6.45, 7) is 4.92. The van der Waals surface area contributed by atoms with Crippen LogP contribution in [-0.2, 0) is 14.3 Å². The molecule has 0 saturated heterocycles. The van der Waals surface area contributed by atoms with Crippen LogP contribution in [0.15, 0.2) is 54.0 Å². The third-order valence-corrected chi connectivity index (χ3v) is 5.57. The number of phenolic OH excluding ortho intramolecular Hbond substituents is 1. The van der Waals surface area contributed by atoms with Crippen molar-refractivity contribution >= 4 is 23.4 Å². The van der Waals surface area contributed by atoms with E-state index < -0.39 is 48.1 Å². The number of cyclic esters (lactones) is 1. The van der Waals surface area contributed by atoms with Crippen LogP contribution in [0.3, 0.4) is 0 Å². The zero-order valence-electron chi connectivity index (χ0n) is 18.6. The number of aromatic hydroxyl groups is 1. The first-order chi connectivity index (χ1) is 16.2. The zero-order chi connectivity index (χ0) is 25.0. The molecule has 0 fully saturated rings. The lowest BCUT2D eigenvalue weighted by molar-refractivity contribution is -0.828. The predicted octanol–water partition coefficient (Wildman–Crippen LogP) is 0.950. The molecule has 3 rings (SSSR count). The molecule has 0 amide bonds. The number of phenols is 1. The third-order valence-electron chi connectivity index (χ3n) is 5.57. The molecule has 2 aromatic carbocycles. The molecule has 0 aromatic heterocycles. The normalized spacial score (nSPS) is 16.5. The fourth-order valence-electron chi connectivity index (χ4n) is 3.66. The van der Waals surface area contributed by atoms with Gasteiger partial charge in [-0.25, -0.2) is 9.59 Å². The quantitative estimate of drug-likeness (QED) is 0.265. The maximum absolute atomic E-state index is 13.1. The average molecular weight is 472 g/mol. The van der Waals surface area contributed by atoms with E-state index in [1.807, 2.05) is 13.8 Å². The zero-order valence-corrected chi connectivity index (χ0v) is 18.6. The average Bonchev–Trinajstić information content (AvgIpc) is 3.10. The standard InChI is InChI=1S/C24H25NO9/c1-3-25(4-2)13-9-10-16(17(26)11-13)19(28)14-7-5-6-8-15(14)23(31)33-12-18(27)22-20(29)21(30)24(32)34-22/h5-11,18,22,26-27,29-30H,3-4,12H2,1-2H3/p+1. The lowest BCUT2D eigenvalue weighted by Gasteiger charge is -2.18. The fourth-order valence-corrected chi connectivity index (χ4v) is 3.66. The van der Waals surface area contributed by atoms with Crippen molar-refractivity contribution in [1.82, 2.24) is 0 Å². The number of ether oxygens (including phenoxy) is 2. The van der Waals surface area contributed by atoms with Crippen LogP contribution >= 0.6 is 0 Å². The van der Waals surface area contributed by atoms with E-state index in [0.717, 1.165) is 23.7 Å². The van der Waals surface area contributed by atoms with Crippen LogP contribution < -0.4 is 4.90 Å². The summed E-state index contributed by atoms with van der Waals surface area (Å²) in [4.78, 5) is 38.2. The highest BCUT2D eigenvalue weighted by atomic mass is 16.6. The molecule has 0 saturated carbocycles. The van der Waals surface area contributed by atoms with Crippen LogP contribution in [0.2, 0.25) is 0 Å². The number of nitrogens with one attached hydrogen (secondary N) is 1. The number of aliphatic hydroxyl groups excluding tert-OH is 3. The molecule has 180 valence electrons.